The van der Waals surface area contributed by atoms with Gasteiger partial charge in [0.2, 0.25) is 5.91 Å². The second kappa shape index (κ2) is 8.39. The van der Waals surface area contributed by atoms with Crippen molar-refractivity contribution in [2.24, 2.45) is 0 Å². The number of carbonyl (C=O) groups excluding carboxylic acids is 2. The van der Waals surface area contributed by atoms with E-state index in [0.717, 1.165) is 5.56 Å². The van der Waals surface area contributed by atoms with Gasteiger partial charge in [-0.1, -0.05) is 12.1 Å². The summed E-state index contributed by atoms with van der Waals surface area (Å²) in [5.74, 6) is -0.266. The zero-order valence-corrected chi connectivity index (χ0v) is 12.6. The van der Waals surface area contributed by atoms with Gasteiger partial charge in [-0.05, 0) is 17.7 Å². The Morgan fingerprint density at radius 2 is 1.95 bits per heavy atom. The van der Waals surface area contributed by atoms with Gasteiger partial charge >= 0.3 is 0 Å². The minimum atomic E-state index is -0.706. The number of carbonyl (C=O) groups is 2. The minimum absolute atomic E-state index is 0.0954. The Labute approximate surface area is 124 Å². The molecule has 0 saturated carbocycles. The minimum Gasteiger partial charge on any atom is -0.389 e. The van der Waals surface area contributed by atoms with Crippen molar-refractivity contribution in [3.8, 4) is 0 Å². The lowest BCUT2D eigenvalue weighted by Gasteiger charge is -2.20. The summed E-state index contributed by atoms with van der Waals surface area (Å²) in [6.07, 6.45) is -0.706. The first-order chi connectivity index (χ1) is 9.93. The van der Waals surface area contributed by atoms with Gasteiger partial charge in [-0.2, -0.15) is 0 Å². The van der Waals surface area contributed by atoms with Crippen molar-refractivity contribution in [2.45, 2.75) is 19.6 Å². The van der Waals surface area contributed by atoms with Crippen molar-refractivity contribution in [1.29, 1.82) is 0 Å². The lowest BCUT2D eigenvalue weighted by Crippen LogP contribution is -2.36. The molecule has 1 rings (SSSR count). The van der Waals surface area contributed by atoms with Crippen molar-refractivity contribution < 1.29 is 19.4 Å². The molecule has 0 spiro atoms. The molecular weight excluding hydrogens is 272 g/mol. The molecule has 0 radical (unpaired) electrons. The van der Waals surface area contributed by atoms with Crippen LogP contribution in [0, 0.1) is 0 Å². The first-order valence-electron chi connectivity index (χ1n) is 6.70. The largest absolute Gasteiger partial charge is 0.389 e. The Balaban J connectivity index is 2.59. The monoisotopic (exact) mass is 294 g/mol. The van der Waals surface area contributed by atoms with Crippen molar-refractivity contribution in [2.75, 3.05) is 27.3 Å². The van der Waals surface area contributed by atoms with Crippen molar-refractivity contribution in [3.63, 3.8) is 0 Å². The molecule has 1 unspecified atom stereocenters. The quantitative estimate of drug-likeness (QED) is 0.763. The molecule has 1 atom stereocenters. The normalized spacial score (nSPS) is 11.8. The summed E-state index contributed by atoms with van der Waals surface area (Å²) in [7, 11) is 3.13. The van der Waals surface area contributed by atoms with Gasteiger partial charge in [0.25, 0.3) is 5.91 Å². The standard InChI is InChI=1S/C15H22N2O4/c1-11(18)16-8-12-4-6-13(7-5-12)15(20)17(2)9-14(19)10-21-3/h4-7,14,19H,8-10H2,1-3H3,(H,16,18). The van der Waals surface area contributed by atoms with Gasteiger partial charge in [-0.15, -0.1) is 0 Å². The average molecular weight is 294 g/mol. The second-order valence-electron chi connectivity index (χ2n) is 4.90. The van der Waals surface area contributed by atoms with E-state index in [-0.39, 0.29) is 25.0 Å². The maximum atomic E-state index is 12.2. The van der Waals surface area contributed by atoms with Crippen LogP contribution in [0.5, 0.6) is 0 Å². The van der Waals surface area contributed by atoms with Crippen molar-refractivity contribution in [1.82, 2.24) is 10.2 Å². The molecule has 1 aromatic rings. The predicted octanol–water partition coefficient (Wildman–Crippen LogP) is 0.402. The number of hydrogen-bond acceptors (Lipinski definition) is 4. The number of aliphatic hydroxyl groups excluding tert-OH is 1. The number of likely N-dealkylation sites (N-methyl/N-ethyl adjacent to an activating group) is 1. The Morgan fingerprint density at radius 3 is 2.48 bits per heavy atom. The molecule has 2 N–H and O–H groups in total. The number of methoxy groups -OCH3 is 1. The molecule has 1 aromatic carbocycles. The van der Waals surface area contributed by atoms with Crippen LogP contribution in [0.3, 0.4) is 0 Å². The summed E-state index contributed by atoms with van der Waals surface area (Å²) in [5.41, 5.74) is 1.46. The molecule has 6 heteroatoms. The summed E-state index contributed by atoms with van der Waals surface area (Å²) >= 11 is 0. The molecule has 0 fully saturated rings. The summed E-state index contributed by atoms with van der Waals surface area (Å²) in [6.45, 7) is 2.29. The number of ether oxygens (including phenoxy) is 1. The van der Waals surface area contributed by atoms with Crippen molar-refractivity contribution in [3.05, 3.63) is 35.4 Å². The molecule has 0 saturated heterocycles. The van der Waals surface area contributed by atoms with Gasteiger partial charge in [-0.25, -0.2) is 0 Å². The highest BCUT2D eigenvalue weighted by Gasteiger charge is 2.15. The van der Waals surface area contributed by atoms with E-state index in [9.17, 15) is 14.7 Å². The van der Waals surface area contributed by atoms with E-state index < -0.39 is 6.10 Å². The van der Waals surface area contributed by atoms with Crippen LogP contribution >= 0.6 is 0 Å². The van der Waals surface area contributed by atoms with E-state index in [1.807, 2.05) is 0 Å². The van der Waals surface area contributed by atoms with Crippen LogP contribution < -0.4 is 5.32 Å². The van der Waals surface area contributed by atoms with Gasteiger partial charge in [0.15, 0.2) is 0 Å². The van der Waals surface area contributed by atoms with Gasteiger partial charge in [0.05, 0.1) is 12.7 Å². The fourth-order valence-electron chi connectivity index (χ4n) is 1.86. The molecule has 0 bridgehead atoms. The fourth-order valence-corrected chi connectivity index (χ4v) is 1.86. The number of nitrogens with one attached hydrogen (secondary N) is 1. The van der Waals surface area contributed by atoms with E-state index in [2.05, 4.69) is 5.32 Å². The zero-order chi connectivity index (χ0) is 15.8. The fraction of sp³-hybridized carbons (Fsp3) is 0.467. The molecule has 116 valence electrons. The number of benzene rings is 1. The summed E-state index contributed by atoms with van der Waals surface area (Å²) in [4.78, 5) is 24.4. The zero-order valence-electron chi connectivity index (χ0n) is 12.6. The second-order valence-corrected chi connectivity index (χ2v) is 4.90. The van der Waals surface area contributed by atoms with Crippen LogP contribution in [-0.4, -0.2) is 55.2 Å². The lowest BCUT2D eigenvalue weighted by molar-refractivity contribution is -0.119. The number of rotatable bonds is 7. The highest BCUT2D eigenvalue weighted by Crippen LogP contribution is 2.07. The highest BCUT2D eigenvalue weighted by molar-refractivity contribution is 5.94. The molecule has 21 heavy (non-hydrogen) atoms. The van der Waals surface area contributed by atoms with Gasteiger partial charge in [-0.3, -0.25) is 9.59 Å². The van der Waals surface area contributed by atoms with Crippen molar-refractivity contribution >= 4 is 11.8 Å². The molecule has 0 aromatic heterocycles. The van der Waals surface area contributed by atoms with Crippen LogP contribution in [0.4, 0.5) is 0 Å². The highest BCUT2D eigenvalue weighted by atomic mass is 16.5. The van der Waals surface area contributed by atoms with Gasteiger partial charge in [0, 0.05) is 39.7 Å². The van der Waals surface area contributed by atoms with E-state index in [1.165, 1.54) is 18.9 Å². The van der Waals surface area contributed by atoms with Crippen LogP contribution in [0.25, 0.3) is 0 Å². The SMILES string of the molecule is COCC(O)CN(C)C(=O)c1ccc(CNC(C)=O)cc1. The Bertz CT molecular complexity index is 473. The van der Waals surface area contributed by atoms with Crippen LogP contribution in [0.2, 0.25) is 0 Å². The smallest absolute Gasteiger partial charge is 0.253 e. The van der Waals surface area contributed by atoms with E-state index >= 15 is 0 Å². The number of amides is 2. The molecule has 0 aliphatic carbocycles. The third kappa shape index (κ3) is 5.93. The number of hydrogen-bond donors (Lipinski definition) is 2. The third-order valence-corrected chi connectivity index (χ3v) is 2.93. The molecular formula is C15H22N2O4. The maximum Gasteiger partial charge on any atom is 0.253 e. The molecule has 2 amide bonds. The number of aliphatic hydroxyl groups is 1. The van der Waals surface area contributed by atoms with E-state index in [1.54, 1.807) is 31.3 Å². The lowest BCUT2D eigenvalue weighted by atomic mass is 10.1. The summed E-state index contributed by atoms with van der Waals surface area (Å²) < 4.78 is 4.83. The topological polar surface area (TPSA) is 78.9 Å². The first-order valence-corrected chi connectivity index (χ1v) is 6.70. The van der Waals surface area contributed by atoms with Crippen LogP contribution in [-0.2, 0) is 16.1 Å². The van der Waals surface area contributed by atoms with Gasteiger partial charge in [0.1, 0.15) is 0 Å². The van der Waals surface area contributed by atoms with Crippen LogP contribution in [0.1, 0.15) is 22.8 Å². The summed E-state index contributed by atoms with van der Waals surface area (Å²) in [6, 6.07) is 7.00. The third-order valence-electron chi connectivity index (χ3n) is 2.93. The molecule has 6 nitrogen and oxygen atoms in total. The maximum absolute atomic E-state index is 12.2. The summed E-state index contributed by atoms with van der Waals surface area (Å²) in [5, 5.41) is 12.3. The Kier molecular flexibility index (Phi) is 6.84. The first kappa shape index (κ1) is 17.1. The van der Waals surface area contributed by atoms with E-state index in [4.69, 9.17) is 4.74 Å². The Morgan fingerprint density at radius 1 is 1.33 bits per heavy atom. The molecule has 0 aliphatic rings. The molecule has 0 heterocycles. The van der Waals surface area contributed by atoms with Gasteiger partial charge < -0.3 is 20.1 Å². The number of nitrogens with zero attached hydrogens (tertiary/aromatic N) is 1. The average Bonchev–Trinajstić information content (AvgIpc) is 2.45. The van der Waals surface area contributed by atoms with E-state index in [0.29, 0.717) is 12.1 Å². The predicted molar refractivity (Wildman–Crippen MR) is 78.8 cm³/mol. The van der Waals surface area contributed by atoms with Crippen LogP contribution in [0.15, 0.2) is 24.3 Å². The molecule has 0 aliphatic heterocycles. The Hall–Kier alpha value is -1.92.